The van der Waals surface area contributed by atoms with Gasteiger partial charge >= 0.3 is 6.03 Å². The Bertz CT molecular complexity index is 948. The quantitative estimate of drug-likeness (QED) is 0.695. The third-order valence-corrected chi connectivity index (χ3v) is 5.99. The largest absolute Gasteiger partial charge is 0.332 e. The summed E-state index contributed by atoms with van der Waals surface area (Å²) in [6, 6.07) is 7.60. The average molecular weight is 424 g/mol. The SMILES string of the molecule is O=C(NCc1cn2cc(Cl)ccc2n1)N1CCN(Cc2ccc(Cl)s2)CC1. The lowest BCUT2D eigenvalue weighted by atomic mass is 10.3. The van der Waals surface area contributed by atoms with Crippen LogP contribution in [0.15, 0.2) is 36.7 Å². The number of imidazole rings is 1. The summed E-state index contributed by atoms with van der Waals surface area (Å²) in [6.45, 7) is 4.42. The molecule has 0 atom stereocenters. The molecule has 3 aromatic rings. The van der Waals surface area contributed by atoms with E-state index in [-0.39, 0.29) is 6.03 Å². The second-order valence-electron chi connectivity index (χ2n) is 6.47. The van der Waals surface area contributed by atoms with Gasteiger partial charge < -0.3 is 14.6 Å². The third kappa shape index (κ3) is 4.55. The lowest BCUT2D eigenvalue weighted by Crippen LogP contribution is -2.51. The fraction of sp³-hybridized carbons (Fsp3) is 0.333. The third-order valence-electron chi connectivity index (χ3n) is 4.55. The monoisotopic (exact) mass is 423 g/mol. The molecule has 1 aliphatic heterocycles. The van der Waals surface area contributed by atoms with Crippen molar-refractivity contribution in [2.45, 2.75) is 13.1 Å². The van der Waals surface area contributed by atoms with Crippen molar-refractivity contribution in [3.8, 4) is 0 Å². The first-order valence-electron chi connectivity index (χ1n) is 8.69. The maximum absolute atomic E-state index is 12.4. The zero-order chi connectivity index (χ0) is 18.8. The molecule has 9 heteroatoms. The van der Waals surface area contributed by atoms with Gasteiger partial charge in [0.1, 0.15) is 5.65 Å². The highest BCUT2D eigenvalue weighted by atomic mass is 35.5. The Morgan fingerprint density at radius 3 is 2.67 bits per heavy atom. The first-order valence-corrected chi connectivity index (χ1v) is 10.3. The number of halogens is 2. The Labute approximate surface area is 171 Å². The van der Waals surface area contributed by atoms with Crippen LogP contribution in [0.1, 0.15) is 10.6 Å². The molecule has 3 aromatic heterocycles. The van der Waals surface area contributed by atoms with Crippen LogP contribution in [-0.4, -0.2) is 51.4 Å². The van der Waals surface area contributed by atoms with Gasteiger partial charge in [-0.2, -0.15) is 0 Å². The van der Waals surface area contributed by atoms with Gasteiger partial charge in [-0.15, -0.1) is 11.3 Å². The van der Waals surface area contributed by atoms with Crippen molar-refractivity contribution in [2.75, 3.05) is 26.2 Å². The van der Waals surface area contributed by atoms with Crippen LogP contribution < -0.4 is 5.32 Å². The molecule has 4 heterocycles. The number of rotatable bonds is 4. The number of pyridine rings is 1. The summed E-state index contributed by atoms with van der Waals surface area (Å²) in [5.41, 5.74) is 1.62. The second kappa shape index (κ2) is 8.06. The van der Waals surface area contributed by atoms with Crippen LogP contribution in [0, 0.1) is 0 Å². The smallest absolute Gasteiger partial charge is 0.317 e. The minimum absolute atomic E-state index is 0.0519. The summed E-state index contributed by atoms with van der Waals surface area (Å²) in [6.07, 6.45) is 3.68. The Morgan fingerprint density at radius 2 is 1.93 bits per heavy atom. The predicted molar refractivity (Wildman–Crippen MR) is 109 cm³/mol. The molecule has 0 aromatic carbocycles. The normalized spacial score (nSPS) is 15.4. The van der Waals surface area contributed by atoms with Gasteiger partial charge in [0.25, 0.3) is 0 Å². The van der Waals surface area contributed by atoms with Gasteiger partial charge in [0.15, 0.2) is 0 Å². The molecule has 0 spiro atoms. The van der Waals surface area contributed by atoms with Crippen LogP contribution in [0.25, 0.3) is 5.65 Å². The van der Waals surface area contributed by atoms with Gasteiger partial charge in [-0.3, -0.25) is 4.90 Å². The summed E-state index contributed by atoms with van der Waals surface area (Å²) in [5.74, 6) is 0. The molecule has 0 aliphatic carbocycles. The first-order chi connectivity index (χ1) is 13.1. The second-order valence-corrected chi connectivity index (χ2v) is 8.71. The molecule has 142 valence electrons. The van der Waals surface area contributed by atoms with E-state index in [4.69, 9.17) is 23.2 Å². The van der Waals surface area contributed by atoms with E-state index in [9.17, 15) is 4.79 Å². The van der Waals surface area contributed by atoms with Crippen molar-refractivity contribution in [3.63, 3.8) is 0 Å². The number of hydrogen-bond donors (Lipinski definition) is 1. The molecular weight excluding hydrogens is 405 g/mol. The van der Waals surface area contributed by atoms with Gasteiger partial charge in [-0.1, -0.05) is 23.2 Å². The fourth-order valence-electron chi connectivity index (χ4n) is 3.15. The van der Waals surface area contributed by atoms with E-state index in [2.05, 4.69) is 21.3 Å². The average Bonchev–Trinajstić information content (AvgIpc) is 3.25. The summed E-state index contributed by atoms with van der Waals surface area (Å²) in [4.78, 5) is 22.4. The number of carbonyl (C=O) groups is 1. The van der Waals surface area contributed by atoms with Crippen LogP contribution in [-0.2, 0) is 13.1 Å². The van der Waals surface area contributed by atoms with Crippen LogP contribution in [0.4, 0.5) is 4.79 Å². The van der Waals surface area contributed by atoms with E-state index in [1.807, 2.05) is 27.6 Å². The van der Waals surface area contributed by atoms with E-state index in [1.54, 1.807) is 23.6 Å². The predicted octanol–water partition coefficient (Wildman–Crippen LogP) is 3.73. The molecule has 4 rings (SSSR count). The maximum atomic E-state index is 12.4. The molecule has 6 nitrogen and oxygen atoms in total. The first kappa shape index (κ1) is 18.6. The molecular formula is C18H19Cl2N5OS. The number of hydrogen-bond acceptors (Lipinski definition) is 4. The van der Waals surface area contributed by atoms with E-state index in [1.165, 1.54) is 4.88 Å². The number of fused-ring (bicyclic) bond motifs is 1. The highest BCUT2D eigenvalue weighted by molar-refractivity contribution is 7.16. The Hall–Kier alpha value is -1.80. The highest BCUT2D eigenvalue weighted by Gasteiger charge is 2.21. The molecule has 0 radical (unpaired) electrons. The maximum Gasteiger partial charge on any atom is 0.317 e. The summed E-state index contributed by atoms with van der Waals surface area (Å²) in [5, 5.41) is 3.61. The molecule has 1 saturated heterocycles. The Kier molecular flexibility index (Phi) is 5.54. The minimum Gasteiger partial charge on any atom is -0.332 e. The van der Waals surface area contributed by atoms with Crippen molar-refractivity contribution in [2.24, 2.45) is 0 Å². The molecule has 0 saturated carbocycles. The number of piperazine rings is 1. The Morgan fingerprint density at radius 1 is 1.11 bits per heavy atom. The lowest BCUT2D eigenvalue weighted by molar-refractivity contribution is 0.135. The molecule has 2 amide bonds. The molecule has 1 fully saturated rings. The number of nitrogens with one attached hydrogen (secondary N) is 1. The van der Waals surface area contributed by atoms with Crippen molar-refractivity contribution < 1.29 is 4.79 Å². The van der Waals surface area contributed by atoms with Crippen molar-refractivity contribution in [1.29, 1.82) is 0 Å². The van der Waals surface area contributed by atoms with Crippen molar-refractivity contribution in [3.05, 3.63) is 56.6 Å². The van der Waals surface area contributed by atoms with Crippen LogP contribution in [0.2, 0.25) is 9.36 Å². The van der Waals surface area contributed by atoms with Crippen LogP contribution in [0.5, 0.6) is 0 Å². The summed E-state index contributed by atoms with van der Waals surface area (Å²) in [7, 11) is 0. The van der Waals surface area contributed by atoms with E-state index < -0.39 is 0 Å². The zero-order valence-corrected chi connectivity index (χ0v) is 16.9. The number of carbonyl (C=O) groups excluding carboxylic acids is 1. The lowest BCUT2D eigenvalue weighted by Gasteiger charge is -2.34. The van der Waals surface area contributed by atoms with E-state index >= 15 is 0 Å². The Balaban J connectivity index is 1.26. The van der Waals surface area contributed by atoms with Gasteiger partial charge in [0.2, 0.25) is 0 Å². The number of urea groups is 1. The summed E-state index contributed by atoms with van der Waals surface area (Å²) >= 11 is 13.6. The number of amides is 2. The van der Waals surface area contributed by atoms with Crippen LogP contribution >= 0.6 is 34.5 Å². The zero-order valence-electron chi connectivity index (χ0n) is 14.6. The van der Waals surface area contributed by atoms with E-state index in [0.29, 0.717) is 24.7 Å². The molecule has 1 N–H and O–H groups in total. The van der Waals surface area contributed by atoms with Gasteiger partial charge in [0.05, 0.1) is 21.6 Å². The van der Waals surface area contributed by atoms with Gasteiger partial charge in [-0.05, 0) is 24.3 Å². The van der Waals surface area contributed by atoms with Gasteiger partial charge in [-0.25, -0.2) is 9.78 Å². The standard InChI is InChI=1S/C18H19Cl2N5OS/c19-13-1-4-17-22-14(11-25(17)10-13)9-21-18(26)24-7-5-23(6-8-24)12-15-2-3-16(20)27-15/h1-4,10-11H,5-9,12H2,(H,21,26). The van der Waals surface area contributed by atoms with Crippen molar-refractivity contribution in [1.82, 2.24) is 24.5 Å². The summed E-state index contributed by atoms with van der Waals surface area (Å²) < 4.78 is 2.68. The topological polar surface area (TPSA) is 52.9 Å². The number of aromatic nitrogens is 2. The van der Waals surface area contributed by atoms with Crippen LogP contribution in [0.3, 0.4) is 0 Å². The van der Waals surface area contributed by atoms with Crippen molar-refractivity contribution >= 4 is 46.2 Å². The van der Waals surface area contributed by atoms with Gasteiger partial charge in [0, 0.05) is 50.0 Å². The molecule has 1 aliphatic rings. The fourth-order valence-corrected chi connectivity index (χ4v) is 4.44. The number of thiophene rings is 1. The highest BCUT2D eigenvalue weighted by Crippen LogP contribution is 2.23. The minimum atomic E-state index is -0.0519. The molecule has 0 unspecified atom stereocenters. The van der Waals surface area contributed by atoms with E-state index in [0.717, 1.165) is 35.3 Å². The number of nitrogens with zero attached hydrogens (tertiary/aromatic N) is 4. The molecule has 0 bridgehead atoms. The molecule has 27 heavy (non-hydrogen) atoms.